The molecule has 6 nitrogen and oxygen atoms in total. The Morgan fingerprint density at radius 2 is 2.03 bits per heavy atom. The minimum absolute atomic E-state index is 0.232. The van der Waals surface area contributed by atoms with E-state index in [2.05, 4.69) is 50.0 Å². The number of anilines is 2. The van der Waals surface area contributed by atoms with E-state index in [9.17, 15) is 4.39 Å². The molecule has 0 bridgehead atoms. The highest BCUT2D eigenvalue weighted by molar-refractivity contribution is 5.92. The van der Waals surface area contributed by atoms with E-state index < -0.39 is 0 Å². The highest BCUT2D eigenvalue weighted by Gasteiger charge is 2.19. The molecule has 4 aromatic rings. The van der Waals surface area contributed by atoms with Crippen LogP contribution < -0.4 is 10.6 Å². The summed E-state index contributed by atoms with van der Waals surface area (Å²) < 4.78 is 17.5. The van der Waals surface area contributed by atoms with Gasteiger partial charge in [0.05, 0.1) is 29.6 Å². The first-order valence-corrected chi connectivity index (χ1v) is 9.59. The molecule has 0 fully saturated rings. The Morgan fingerprint density at radius 1 is 1.10 bits per heavy atom. The average molecular weight is 388 g/mol. The minimum Gasteiger partial charge on any atom is -0.344 e. The minimum atomic E-state index is -0.232. The van der Waals surface area contributed by atoms with Crippen molar-refractivity contribution in [2.24, 2.45) is 10.7 Å². The maximum absolute atomic E-state index is 13.5. The van der Waals surface area contributed by atoms with E-state index in [0.717, 1.165) is 40.1 Å². The van der Waals surface area contributed by atoms with Crippen LogP contribution in [0.4, 0.5) is 15.8 Å². The summed E-state index contributed by atoms with van der Waals surface area (Å²) in [5, 5.41) is 5.55. The highest BCUT2D eigenvalue weighted by atomic mass is 19.1. The lowest BCUT2D eigenvalue weighted by Crippen LogP contribution is -2.23. The Hall–Kier alpha value is -3.45. The number of benzene rings is 2. The highest BCUT2D eigenvalue weighted by Crippen LogP contribution is 2.33. The zero-order chi connectivity index (χ0) is 19.8. The molecule has 146 valence electrons. The maximum atomic E-state index is 13.5. The van der Waals surface area contributed by atoms with Crippen molar-refractivity contribution in [3.63, 3.8) is 0 Å². The summed E-state index contributed by atoms with van der Waals surface area (Å²) in [6.07, 6.45) is 5.82. The molecule has 2 N–H and O–H groups in total. The Balaban J connectivity index is 1.47. The lowest BCUT2D eigenvalue weighted by atomic mass is 10.2. The van der Waals surface area contributed by atoms with Crippen LogP contribution in [0.15, 0.2) is 65.9 Å². The third-order valence-corrected chi connectivity index (χ3v) is 5.24. The fourth-order valence-corrected chi connectivity index (χ4v) is 3.86. The van der Waals surface area contributed by atoms with Crippen LogP contribution in [0.1, 0.15) is 11.3 Å². The van der Waals surface area contributed by atoms with E-state index >= 15 is 0 Å². The molecule has 0 saturated heterocycles. The van der Waals surface area contributed by atoms with Gasteiger partial charge in [0.1, 0.15) is 12.5 Å². The zero-order valence-corrected chi connectivity index (χ0v) is 15.9. The molecule has 0 radical (unpaired) electrons. The summed E-state index contributed by atoms with van der Waals surface area (Å²) in [5.74, 6) is -0.232. The summed E-state index contributed by atoms with van der Waals surface area (Å²) in [6, 6.07) is 15.0. The van der Waals surface area contributed by atoms with Gasteiger partial charge in [0.25, 0.3) is 0 Å². The molecule has 0 aliphatic carbocycles. The quantitative estimate of drug-likeness (QED) is 0.569. The first-order chi connectivity index (χ1) is 14.2. The number of halogens is 1. The van der Waals surface area contributed by atoms with Gasteiger partial charge >= 0.3 is 0 Å². The lowest BCUT2D eigenvalue weighted by molar-refractivity contribution is 0.621. The van der Waals surface area contributed by atoms with Gasteiger partial charge in [-0.3, -0.25) is 9.67 Å². The monoisotopic (exact) mass is 388 g/mol. The van der Waals surface area contributed by atoms with Gasteiger partial charge in [-0.1, -0.05) is 12.1 Å². The molecule has 0 amide bonds. The number of aromatic nitrogens is 3. The molecule has 0 spiro atoms. The van der Waals surface area contributed by atoms with Crippen molar-refractivity contribution < 1.29 is 4.39 Å². The van der Waals surface area contributed by atoms with Crippen LogP contribution in [0.25, 0.3) is 10.9 Å². The van der Waals surface area contributed by atoms with Crippen LogP contribution in [0.2, 0.25) is 0 Å². The molecule has 1 aliphatic rings. The molecule has 2 aromatic heterocycles. The summed E-state index contributed by atoms with van der Waals surface area (Å²) in [5.41, 5.74) is 10.9. The van der Waals surface area contributed by atoms with Gasteiger partial charge in [0, 0.05) is 36.6 Å². The van der Waals surface area contributed by atoms with Gasteiger partial charge in [-0.25, -0.2) is 4.39 Å². The number of hydrogen-bond donors (Lipinski definition) is 1. The van der Waals surface area contributed by atoms with Crippen LogP contribution in [0, 0.1) is 5.82 Å². The van der Waals surface area contributed by atoms with Gasteiger partial charge in [0.2, 0.25) is 0 Å². The van der Waals surface area contributed by atoms with Crippen LogP contribution in [-0.4, -0.2) is 33.8 Å². The van der Waals surface area contributed by atoms with Crippen molar-refractivity contribution in [1.82, 2.24) is 14.3 Å². The SMILES string of the molecule is NCCn1ccc2c1C=NCN2c1ccc2c(cnn2Cc2cccc(F)c2)c1. The van der Waals surface area contributed by atoms with Crippen LogP contribution in [0.3, 0.4) is 0 Å². The second-order valence-electron chi connectivity index (χ2n) is 7.12. The number of rotatable bonds is 5. The second-order valence-corrected chi connectivity index (χ2v) is 7.12. The number of nitrogens with zero attached hydrogens (tertiary/aromatic N) is 5. The number of hydrogen-bond acceptors (Lipinski definition) is 4. The van der Waals surface area contributed by atoms with Crippen LogP contribution >= 0.6 is 0 Å². The Labute approximate surface area is 167 Å². The standard InChI is InChI=1S/C22H21FN6/c23-18-3-1-2-16(10-18)14-29-20-5-4-19(11-17(20)12-26-29)28-15-25-13-22-21(28)6-8-27(22)9-7-24/h1-6,8,10-13H,7,9,14-15,24H2. The summed E-state index contributed by atoms with van der Waals surface area (Å²) in [6.45, 7) is 2.45. The number of nitrogens with two attached hydrogens (primary N) is 1. The smallest absolute Gasteiger partial charge is 0.123 e. The molecule has 0 saturated carbocycles. The summed E-state index contributed by atoms with van der Waals surface area (Å²) in [4.78, 5) is 6.71. The Morgan fingerprint density at radius 3 is 2.90 bits per heavy atom. The van der Waals surface area contributed by atoms with Gasteiger partial charge in [-0.15, -0.1) is 0 Å². The second kappa shape index (κ2) is 7.18. The van der Waals surface area contributed by atoms with E-state index in [-0.39, 0.29) is 5.82 Å². The molecule has 7 heteroatoms. The molecule has 0 atom stereocenters. The Kier molecular flexibility index (Phi) is 4.37. The number of aliphatic imine (C=N–C) groups is 1. The van der Waals surface area contributed by atoms with Crippen molar-refractivity contribution in [3.05, 3.63) is 78.0 Å². The fraction of sp³-hybridized carbons (Fsp3) is 0.182. The topological polar surface area (TPSA) is 64.4 Å². The first-order valence-electron chi connectivity index (χ1n) is 9.59. The molecule has 2 aromatic carbocycles. The average Bonchev–Trinajstić information content (AvgIpc) is 3.32. The van der Waals surface area contributed by atoms with Gasteiger partial charge in [0.15, 0.2) is 0 Å². The van der Waals surface area contributed by atoms with E-state index in [1.165, 1.54) is 6.07 Å². The fourth-order valence-electron chi connectivity index (χ4n) is 3.86. The van der Waals surface area contributed by atoms with E-state index in [1.54, 1.807) is 12.1 Å². The first kappa shape index (κ1) is 17.6. The van der Waals surface area contributed by atoms with E-state index in [0.29, 0.717) is 19.8 Å². The molecule has 3 heterocycles. The van der Waals surface area contributed by atoms with Crippen molar-refractivity contribution in [2.75, 3.05) is 18.1 Å². The molecule has 0 unspecified atom stereocenters. The molecule has 29 heavy (non-hydrogen) atoms. The van der Waals surface area contributed by atoms with Gasteiger partial charge in [-0.2, -0.15) is 5.10 Å². The summed E-state index contributed by atoms with van der Waals surface area (Å²) in [7, 11) is 0. The van der Waals surface area contributed by atoms with E-state index in [1.807, 2.05) is 23.2 Å². The van der Waals surface area contributed by atoms with Crippen molar-refractivity contribution in [3.8, 4) is 0 Å². The van der Waals surface area contributed by atoms with Gasteiger partial charge < -0.3 is 15.2 Å². The molecule has 1 aliphatic heterocycles. The largest absolute Gasteiger partial charge is 0.344 e. The number of fused-ring (bicyclic) bond motifs is 2. The van der Waals surface area contributed by atoms with Crippen LogP contribution in [-0.2, 0) is 13.1 Å². The predicted molar refractivity (Wildman–Crippen MR) is 113 cm³/mol. The van der Waals surface area contributed by atoms with Crippen LogP contribution in [0.5, 0.6) is 0 Å². The third-order valence-electron chi connectivity index (χ3n) is 5.24. The normalized spacial score (nSPS) is 13.2. The van der Waals surface area contributed by atoms with Crippen molar-refractivity contribution in [1.29, 1.82) is 0 Å². The van der Waals surface area contributed by atoms with Gasteiger partial charge in [-0.05, 0) is 42.0 Å². The predicted octanol–water partition coefficient (Wildman–Crippen LogP) is 3.51. The Bertz CT molecular complexity index is 1210. The lowest BCUT2D eigenvalue weighted by Gasteiger charge is -2.26. The molecule has 5 rings (SSSR count). The van der Waals surface area contributed by atoms with Crippen molar-refractivity contribution in [2.45, 2.75) is 13.1 Å². The third kappa shape index (κ3) is 3.19. The van der Waals surface area contributed by atoms with E-state index in [4.69, 9.17) is 5.73 Å². The molecular formula is C22H21FN6. The zero-order valence-electron chi connectivity index (χ0n) is 15.9. The van der Waals surface area contributed by atoms with Crippen molar-refractivity contribution >= 4 is 28.5 Å². The maximum Gasteiger partial charge on any atom is 0.123 e. The summed E-state index contributed by atoms with van der Waals surface area (Å²) >= 11 is 0. The molecular weight excluding hydrogens is 367 g/mol.